The molecule has 0 radical (unpaired) electrons. The molecule has 23 heavy (non-hydrogen) atoms. The maximum Gasteiger partial charge on any atom is 0.241 e. The average Bonchev–Trinajstić information content (AvgIpc) is 2.45. The first kappa shape index (κ1) is 19.9. The van der Waals surface area contributed by atoms with Gasteiger partial charge in [-0.1, -0.05) is 25.4 Å². The van der Waals surface area contributed by atoms with E-state index in [1.807, 2.05) is 13.8 Å². The summed E-state index contributed by atoms with van der Waals surface area (Å²) in [4.78, 5) is 13.9. The molecule has 1 aromatic carbocycles. The minimum Gasteiger partial charge on any atom is -0.344 e. The zero-order chi connectivity index (χ0) is 17.8. The van der Waals surface area contributed by atoms with Crippen molar-refractivity contribution in [3.8, 4) is 0 Å². The number of nitrogens with zero attached hydrogens (tertiary/aromatic N) is 1. The molecule has 0 saturated carbocycles. The molecule has 1 rings (SSSR count). The molecule has 130 valence electrons. The predicted molar refractivity (Wildman–Crippen MR) is 91.7 cm³/mol. The fourth-order valence-corrected chi connectivity index (χ4v) is 3.40. The molecular weight excluding hydrogens is 338 g/mol. The number of halogens is 1. The molecule has 3 N–H and O–H groups in total. The van der Waals surface area contributed by atoms with Gasteiger partial charge in [0.2, 0.25) is 15.9 Å². The topological polar surface area (TPSA) is 92.5 Å². The van der Waals surface area contributed by atoms with Crippen LogP contribution in [-0.4, -0.2) is 45.4 Å². The van der Waals surface area contributed by atoms with Gasteiger partial charge in [0.05, 0.1) is 10.9 Å². The van der Waals surface area contributed by atoms with E-state index in [-0.39, 0.29) is 16.2 Å². The Labute approximate surface area is 143 Å². The minimum atomic E-state index is -3.78. The number of rotatable bonds is 7. The molecule has 0 fully saturated rings. The quantitative estimate of drug-likeness (QED) is 0.768. The van der Waals surface area contributed by atoms with E-state index in [1.165, 1.54) is 36.1 Å². The van der Waals surface area contributed by atoms with Crippen molar-refractivity contribution in [2.75, 3.05) is 20.1 Å². The van der Waals surface area contributed by atoms with Gasteiger partial charge in [0.15, 0.2) is 0 Å². The first-order valence-corrected chi connectivity index (χ1v) is 9.07. The van der Waals surface area contributed by atoms with E-state index in [2.05, 4.69) is 4.72 Å². The van der Waals surface area contributed by atoms with Crippen LogP contribution in [-0.2, 0) is 14.8 Å². The number of hydrogen-bond acceptors (Lipinski definition) is 4. The Morgan fingerprint density at radius 1 is 1.35 bits per heavy atom. The van der Waals surface area contributed by atoms with Gasteiger partial charge in [-0.25, -0.2) is 8.42 Å². The molecule has 0 aromatic heterocycles. The highest BCUT2D eigenvalue weighted by Crippen LogP contribution is 2.16. The summed E-state index contributed by atoms with van der Waals surface area (Å²) in [7, 11) is -2.15. The Hall–Kier alpha value is -1.15. The Morgan fingerprint density at radius 2 is 1.87 bits per heavy atom. The molecule has 0 saturated heterocycles. The van der Waals surface area contributed by atoms with Crippen molar-refractivity contribution in [2.45, 2.75) is 31.7 Å². The number of carbonyl (C=O) groups excluding carboxylic acids is 1. The summed E-state index contributed by atoms with van der Waals surface area (Å²) in [6.45, 7) is 6.27. The first-order chi connectivity index (χ1) is 10.5. The zero-order valence-corrected chi connectivity index (χ0v) is 15.4. The highest BCUT2D eigenvalue weighted by atomic mass is 35.5. The minimum absolute atomic E-state index is 0.0616. The highest BCUT2D eigenvalue weighted by molar-refractivity contribution is 7.89. The third-order valence-electron chi connectivity index (χ3n) is 3.42. The lowest BCUT2D eigenvalue weighted by Gasteiger charge is -2.30. The molecule has 0 heterocycles. The van der Waals surface area contributed by atoms with E-state index in [0.29, 0.717) is 18.1 Å². The van der Waals surface area contributed by atoms with Crippen molar-refractivity contribution in [1.29, 1.82) is 0 Å². The molecule has 0 bridgehead atoms. The van der Waals surface area contributed by atoms with Crippen LogP contribution >= 0.6 is 11.6 Å². The number of nitrogens with one attached hydrogen (secondary N) is 1. The normalized spacial score (nSPS) is 13.7. The van der Waals surface area contributed by atoms with Crippen LogP contribution < -0.4 is 10.5 Å². The Morgan fingerprint density at radius 3 is 2.35 bits per heavy atom. The summed E-state index contributed by atoms with van der Waals surface area (Å²) in [5, 5.41) is 0.442. The van der Waals surface area contributed by atoms with Gasteiger partial charge in [0.1, 0.15) is 0 Å². The summed E-state index contributed by atoms with van der Waals surface area (Å²) < 4.78 is 26.9. The molecule has 1 aromatic rings. The van der Waals surface area contributed by atoms with Gasteiger partial charge in [-0.3, -0.25) is 4.79 Å². The second-order valence-electron chi connectivity index (χ2n) is 6.36. The zero-order valence-electron chi connectivity index (χ0n) is 13.8. The number of benzene rings is 1. The summed E-state index contributed by atoms with van der Waals surface area (Å²) in [5.41, 5.74) is 5.42. The Kier molecular flexibility index (Phi) is 6.59. The lowest BCUT2D eigenvalue weighted by Crippen LogP contribution is -2.48. The maximum absolute atomic E-state index is 12.3. The van der Waals surface area contributed by atoms with E-state index in [9.17, 15) is 13.2 Å². The van der Waals surface area contributed by atoms with Crippen molar-refractivity contribution in [3.63, 3.8) is 0 Å². The van der Waals surface area contributed by atoms with Gasteiger partial charge in [0, 0.05) is 18.6 Å². The average molecular weight is 362 g/mol. The van der Waals surface area contributed by atoms with Crippen molar-refractivity contribution in [2.24, 2.45) is 11.1 Å². The maximum atomic E-state index is 12.3. The monoisotopic (exact) mass is 361 g/mol. The second kappa shape index (κ2) is 7.61. The first-order valence-electron chi connectivity index (χ1n) is 7.21. The van der Waals surface area contributed by atoms with E-state index in [1.54, 1.807) is 7.05 Å². The third-order valence-corrected chi connectivity index (χ3v) is 5.23. The number of hydrogen-bond donors (Lipinski definition) is 2. The number of nitrogens with two attached hydrogens (primary N) is 1. The van der Waals surface area contributed by atoms with E-state index in [4.69, 9.17) is 17.3 Å². The van der Waals surface area contributed by atoms with Crippen LogP contribution in [0.15, 0.2) is 29.2 Å². The molecular formula is C15H24ClN3O3S. The molecule has 1 unspecified atom stereocenters. The molecule has 1 atom stereocenters. The lowest BCUT2D eigenvalue weighted by molar-refractivity contribution is -0.132. The number of sulfonamides is 1. The van der Waals surface area contributed by atoms with E-state index in [0.717, 1.165) is 0 Å². The van der Waals surface area contributed by atoms with Crippen LogP contribution in [0.5, 0.6) is 0 Å². The molecule has 0 aliphatic rings. The predicted octanol–water partition coefficient (Wildman–Crippen LogP) is 1.45. The van der Waals surface area contributed by atoms with Gasteiger partial charge in [-0.2, -0.15) is 4.72 Å². The van der Waals surface area contributed by atoms with Crippen molar-refractivity contribution >= 4 is 27.5 Å². The lowest BCUT2D eigenvalue weighted by atomic mass is 9.93. The SMILES string of the molecule is CC(NS(=O)(=O)c1ccc(Cl)cc1)C(=O)N(C)CC(C)(C)CN. The highest BCUT2D eigenvalue weighted by Gasteiger charge is 2.27. The molecule has 8 heteroatoms. The summed E-state index contributed by atoms with van der Waals surface area (Å²) >= 11 is 5.75. The van der Waals surface area contributed by atoms with Gasteiger partial charge in [0.25, 0.3) is 0 Å². The second-order valence-corrected chi connectivity index (χ2v) is 8.51. The molecule has 0 spiro atoms. The van der Waals surface area contributed by atoms with Crippen LogP contribution in [0.25, 0.3) is 0 Å². The Bertz CT molecular complexity index is 644. The fourth-order valence-electron chi connectivity index (χ4n) is 2.08. The molecule has 0 aliphatic carbocycles. The van der Waals surface area contributed by atoms with Crippen molar-refractivity contribution < 1.29 is 13.2 Å². The molecule has 0 aliphatic heterocycles. The fraction of sp³-hybridized carbons (Fsp3) is 0.533. The summed E-state index contributed by atoms with van der Waals surface area (Å²) in [6.07, 6.45) is 0. The van der Waals surface area contributed by atoms with E-state index < -0.39 is 16.1 Å². The Balaban J connectivity index is 2.79. The molecule has 6 nitrogen and oxygen atoms in total. The van der Waals surface area contributed by atoms with Gasteiger partial charge < -0.3 is 10.6 Å². The van der Waals surface area contributed by atoms with Crippen molar-refractivity contribution in [3.05, 3.63) is 29.3 Å². The van der Waals surface area contributed by atoms with Crippen LogP contribution in [0, 0.1) is 5.41 Å². The van der Waals surface area contributed by atoms with Gasteiger partial charge in [-0.05, 0) is 43.1 Å². The third kappa shape index (κ3) is 5.76. The van der Waals surface area contributed by atoms with Gasteiger partial charge >= 0.3 is 0 Å². The summed E-state index contributed by atoms with van der Waals surface area (Å²) in [5.74, 6) is -0.316. The standard InChI is InChI=1S/C15H24ClN3O3S/c1-11(14(20)19(4)10-15(2,3)9-17)18-23(21,22)13-7-5-12(16)6-8-13/h5-8,11,18H,9-10,17H2,1-4H3. The largest absolute Gasteiger partial charge is 0.344 e. The van der Waals surface area contributed by atoms with Crippen LogP contribution in [0.1, 0.15) is 20.8 Å². The van der Waals surface area contributed by atoms with E-state index >= 15 is 0 Å². The molecule has 1 amide bonds. The van der Waals surface area contributed by atoms with Crippen LogP contribution in [0.2, 0.25) is 5.02 Å². The number of amides is 1. The van der Waals surface area contributed by atoms with Crippen LogP contribution in [0.3, 0.4) is 0 Å². The van der Waals surface area contributed by atoms with Crippen LogP contribution in [0.4, 0.5) is 0 Å². The van der Waals surface area contributed by atoms with Gasteiger partial charge in [-0.15, -0.1) is 0 Å². The number of carbonyl (C=O) groups is 1. The summed E-state index contributed by atoms with van der Waals surface area (Å²) in [6, 6.07) is 4.87. The smallest absolute Gasteiger partial charge is 0.241 e. The van der Waals surface area contributed by atoms with Crippen molar-refractivity contribution in [1.82, 2.24) is 9.62 Å². The number of likely N-dealkylation sites (N-methyl/N-ethyl adjacent to an activating group) is 1.